The number of nitrogens with zero attached hydrogens (tertiary/aromatic N) is 4. The van der Waals surface area contributed by atoms with Gasteiger partial charge in [0, 0.05) is 42.1 Å². The summed E-state index contributed by atoms with van der Waals surface area (Å²) < 4.78 is 0. The summed E-state index contributed by atoms with van der Waals surface area (Å²) in [6, 6.07) is 10.7. The summed E-state index contributed by atoms with van der Waals surface area (Å²) in [6.45, 7) is 8.63. The van der Waals surface area contributed by atoms with Crippen LogP contribution in [0.3, 0.4) is 0 Å². The van der Waals surface area contributed by atoms with Gasteiger partial charge in [0.1, 0.15) is 17.5 Å². The van der Waals surface area contributed by atoms with Gasteiger partial charge < -0.3 is 20.9 Å². The lowest BCUT2D eigenvalue weighted by molar-refractivity contribution is 0.0956. The van der Waals surface area contributed by atoms with Gasteiger partial charge in [0.05, 0.1) is 11.3 Å². The second-order valence-corrected chi connectivity index (χ2v) is 10.6. The van der Waals surface area contributed by atoms with Crippen molar-refractivity contribution < 1.29 is 4.79 Å². The van der Waals surface area contributed by atoms with Crippen molar-refractivity contribution in [1.82, 2.24) is 25.2 Å². The maximum atomic E-state index is 12.7. The third-order valence-corrected chi connectivity index (χ3v) is 6.49. The van der Waals surface area contributed by atoms with E-state index in [1.165, 1.54) is 17.5 Å². The highest BCUT2D eigenvalue weighted by Crippen LogP contribution is 2.29. The molecule has 3 N–H and O–H groups in total. The highest BCUT2D eigenvalue weighted by Gasteiger charge is 2.21. The number of amides is 1. The van der Waals surface area contributed by atoms with Crippen LogP contribution in [-0.2, 0) is 18.3 Å². The molecule has 1 aromatic carbocycles. The van der Waals surface area contributed by atoms with E-state index in [9.17, 15) is 4.79 Å². The van der Waals surface area contributed by atoms with Gasteiger partial charge >= 0.3 is 0 Å². The second kappa shape index (κ2) is 10.6. The Kier molecular flexibility index (Phi) is 7.54. The fourth-order valence-corrected chi connectivity index (χ4v) is 4.40. The number of hydrogen-bond donors (Lipinski definition) is 3. The molecule has 4 rings (SSSR count). The fraction of sp³-hybridized carbons (Fsp3) is 0.429. The first-order valence-corrected chi connectivity index (χ1v) is 12.6. The molecule has 1 unspecified atom stereocenters. The SMILES string of the molecule is CCNC(=O)c1cnc(Nc2ccc3c(c2)CC(N(C)C)CC3)cc1Nc1ccnc(C(C)(C)C)n1. The Morgan fingerprint density at radius 2 is 1.86 bits per heavy atom. The zero-order valence-corrected chi connectivity index (χ0v) is 22.1. The van der Waals surface area contributed by atoms with Crippen molar-refractivity contribution in [1.29, 1.82) is 0 Å². The lowest BCUT2D eigenvalue weighted by Gasteiger charge is -2.30. The van der Waals surface area contributed by atoms with Gasteiger partial charge in [-0.25, -0.2) is 15.0 Å². The number of nitrogens with one attached hydrogen (secondary N) is 3. The lowest BCUT2D eigenvalue weighted by atomic mass is 9.87. The molecule has 1 amide bonds. The first-order valence-electron chi connectivity index (χ1n) is 12.6. The average molecular weight is 488 g/mol. The Labute approximate surface area is 214 Å². The van der Waals surface area contributed by atoms with Crippen LogP contribution < -0.4 is 16.0 Å². The molecule has 0 radical (unpaired) electrons. The smallest absolute Gasteiger partial charge is 0.254 e. The normalized spacial score (nSPS) is 15.4. The first kappa shape index (κ1) is 25.6. The average Bonchev–Trinajstić information content (AvgIpc) is 2.83. The number of rotatable bonds is 7. The number of fused-ring (bicyclic) bond motifs is 1. The van der Waals surface area contributed by atoms with E-state index in [-0.39, 0.29) is 11.3 Å². The van der Waals surface area contributed by atoms with Gasteiger partial charge in [0.15, 0.2) is 0 Å². The van der Waals surface area contributed by atoms with Crippen molar-refractivity contribution in [3.8, 4) is 0 Å². The van der Waals surface area contributed by atoms with Crippen LogP contribution in [0.4, 0.5) is 23.0 Å². The van der Waals surface area contributed by atoms with E-state index >= 15 is 0 Å². The van der Waals surface area contributed by atoms with Crippen molar-refractivity contribution in [3.63, 3.8) is 0 Å². The highest BCUT2D eigenvalue weighted by molar-refractivity contribution is 6.00. The molecule has 0 bridgehead atoms. The third kappa shape index (κ3) is 5.99. The number of aromatic nitrogens is 3. The summed E-state index contributed by atoms with van der Waals surface area (Å²) >= 11 is 0. The summed E-state index contributed by atoms with van der Waals surface area (Å²) in [5.74, 6) is 1.81. The van der Waals surface area contributed by atoms with E-state index in [1.54, 1.807) is 18.5 Å². The Morgan fingerprint density at radius 1 is 1.06 bits per heavy atom. The number of aryl methyl sites for hydroxylation is 1. The minimum atomic E-state index is -0.191. The maximum absolute atomic E-state index is 12.7. The molecule has 1 aliphatic rings. The van der Waals surface area contributed by atoms with Crippen LogP contribution in [0.25, 0.3) is 0 Å². The minimum Gasteiger partial charge on any atom is -0.352 e. The minimum absolute atomic E-state index is 0.187. The molecule has 8 nitrogen and oxygen atoms in total. The van der Waals surface area contributed by atoms with Gasteiger partial charge in [0.25, 0.3) is 5.91 Å². The van der Waals surface area contributed by atoms with E-state index in [1.807, 2.05) is 13.0 Å². The van der Waals surface area contributed by atoms with Crippen LogP contribution in [-0.4, -0.2) is 52.4 Å². The van der Waals surface area contributed by atoms with E-state index in [4.69, 9.17) is 0 Å². The van der Waals surface area contributed by atoms with Gasteiger partial charge in [-0.05, 0) is 69.6 Å². The van der Waals surface area contributed by atoms with Crippen LogP contribution in [0.2, 0.25) is 0 Å². The van der Waals surface area contributed by atoms with Crippen molar-refractivity contribution in [2.24, 2.45) is 0 Å². The number of hydrogen-bond acceptors (Lipinski definition) is 7. The summed E-state index contributed by atoms with van der Waals surface area (Å²) in [7, 11) is 4.29. The number of pyridine rings is 1. The van der Waals surface area contributed by atoms with E-state index in [0.29, 0.717) is 35.5 Å². The van der Waals surface area contributed by atoms with Crippen LogP contribution in [0, 0.1) is 0 Å². The van der Waals surface area contributed by atoms with Crippen LogP contribution in [0.1, 0.15) is 61.4 Å². The first-order chi connectivity index (χ1) is 17.1. The predicted molar refractivity (Wildman–Crippen MR) is 145 cm³/mol. The number of benzene rings is 1. The molecule has 0 saturated carbocycles. The molecule has 8 heteroatoms. The summed E-state index contributed by atoms with van der Waals surface area (Å²) in [5, 5.41) is 9.61. The second-order valence-electron chi connectivity index (χ2n) is 10.6. The Bertz CT molecular complexity index is 1230. The summed E-state index contributed by atoms with van der Waals surface area (Å²) in [4.78, 5) is 28.7. The van der Waals surface area contributed by atoms with Crippen LogP contribution in [0.5, 0.6) is 0 Å². The van der Waals surface area contributed by atoms with Gasteiger partial charge in [-0.1, -0.05) is 26.8 Å². The number of anilines is 4. The third-order valence-electron chi connectivity index (χ3n) is 6.49. The van der Waals surface area contributed by atoms with Crippen molar-refractivity contribution in [2.75, 3.05) is 31.3 Å². The van der Waals surface area contributed by atoms with Gasteiger partial charge in [0.2, 0.25) is 0 Å². The van der Waals surface area contributed by atoms with Gasteiger partial charge in [-0.2, -0.15) is 0 Å². The van der Waals surface area contributed by atoms with Gasteiger partial charge in [-0.3, -0.25) is 4.79 Å². The summed E-state index contributed by atoms with van der Waals surface area (Å²) in [6.07, 6.45) is 6.66. The molecular weight excluding hydrogens is 450 g/mol. The molecule has 0 saturated heterocycles. The molecule has 36 heavy (non-hydrogen) atoms. The highest BCUT2D eigenvalue weighted by atomic mass is 16.1. The van der Waals surface area contributed by atoms with Crippen LogP contribution in [0.15, 0.2) is 42.7 Å². The van der Waals surface area contributed by atoms with Gasteiger partial charge in [-0.15, -0.1) is 0 Å². The molecule has 0 fully saturated rings. The fourth-order valence-electron chi connectivity index (χ4n) is 4.40. The quantitative estimate of drug-likeness (QED) is 0.440. The number of carbonyl (C=O) groups excluding carboxylic acids is 1. The molecule has 3 aromatic rings. The topological polar surface area (TPSA) is 95.1 Å². The number of carbonyl (C=O) groups is 1. The largest absolute Gasteiger partial charge is 0.352 e. The van der Waals surface area contributed by atoms with E-state index in [0.717, 1.165) is 24.4 Å². The Morgan fingerprint density at radius 3 is 2.58 bits per heavy atom. The molecule has 2 aromatic heterocycles. The van der Waals surface area contributed by atoms with E-state index in [2.05, 4.69) is 88.9 Å². The molecular formula is C28H37N7O. The van der Waals surface area contributed by atoms with Crippen molar-refractivity contribution >= 4 is 28.9 Å². The molecule has 0 spiro atoms. The Balaban J connectivity index is 1.62. The summed E-state index contributed by atoms with van der Waals surface area (Å²) in [5.41, 5.74) is 4.66. The zero-order chi connectivity index (χ0) is 25.9. The molecule has 0 aliphatic heterocycles. The zero-order valence-electron chi connectivity index (χ0n) is 22.1. The molecule has 2 heterocycles. The number of likely N-dealkylation sites (N-methyl/N-ethyl adjacent to an activating group) is 1. The Hall–Kier alpha value is -3.52. The van der Waals surface area contributed by atoms with Crippen molar-refractivity contribution in [2.45, 2.75) is 58.4 Å². The monoisotopic (exact) mass is 487 g/mol. The lowest BCUT2D eigenvalue weighted by Crippen LogP contribution is -2.33. The maximum Gasteiger partial charge on any atom is 0.254 e. The van der Waals surface area contributed by atoms with Crippen LogP contribution >= 0.6 is 0 Å². The molecule has 1 atom stereocenters. The molecule has 190 valence electrons. The predicted octanol–water partition coefficient (Wildman–Crippen LogP) is 4.82. The standard InChI is InChI=1S/C28H37N7O/c1-7-29-26(36)22-17-31-25(16-23(22)33-24-12-13-30-27(34-24)28(2,3)4)32-20-10-8-18-9-11-21(35(5)6)15-19(18)14-20/h8,10,12-14,16-17,21H,7,9,11,15H2,1-6H3,(H,29,36)(H2,30,31,32,33,34). The van der Waals surface area contributed by atoms with Crippen molar-refractivity contribution in [3.05, 3.63) is 65.2 Å². The van der Waals surface area contributed by atoms with E-state index < -0.39 is 0 Å². The molecule has 1 aliphatic carbocycles.